The number of rotatable bonds is 7. The summed E-state index contributed by atoms with van der Waals surface area (Å²) in [6.45, 7) is 5.10. The van der Waals surface area contributed by atoms with Crippen molar-refractivity contribution in [3.63, 3.8) is 0 Å². The Balaban J connectivity index is 1.78. The second-order valence-electron chi connectivity index (χ2n) is 6.47. The summed E-state index contributed by atoms with van der Waals surface area (Å²) < 4.78 is 0. The Hall–Kier alpha value is -1.35. The van der Waals surface area contributed by atoms with Gasteiger partial charge < -0.3 is 10.6 Å². The molecule has 0 aliphatic heterocycles. The van der Waals surface area contributed by atoms with Crippen LogP contribution in [0.25, 0.3) is 0 Å². The molecule has 1 fully saturated rings. The van der Waals surface area contributed by atoms with Crippen LogP contribution in [0.15, 0.2) is 24.3 Å². The van der Waals surface area contributed by atoms with E-state index in [1.54, 1.807) is 0 Å². The number of carbonyl (C=O) groups is 1. The first-order valence-corrected chi connectivity index (χ1v) is 8.25. The summed E-state index contributed by atoms with van der Waals surface area (Å²) >= 11 is 0. The zero-order valence-corrected chi connectivity index (χ0v) is 13.3. The maximum atomic E-state index is 12.0. The molecular weight excluding hydrogens is 260 g/mol. The molecule has 0 atom stereocenters. The lowest BCUT2D eigenvalue weighted by Crippen LogP contribution is -2.21. The molecule has 1 aromatic carbocycles. The van der Waals surface area contributed by atoms with E-state index in [2.05, 4.69) is 36.6 Å². The highest BCUT2D eigenvalue weighted by molar-refractivity contribution is 5.90. The summed E-state index contributed by atoms with van der Waals surface area (Å²) in [5.41, 5.74) is 2.12. The van der Waals surface area contributed by atoms with Crippen molar-refractivity contribution in [2.45, 2.75) is 65.0 Å². The van der Waals surface area contributed by atoms with Gasteiger partial charge in [0.15, 0.2) is 0 Å². The highest BCUT2D eigenvalue weighted by atomic mass is 16.1. The van der Waals surface area contributed by atoms with Gasteiger partial charge in [-0.2, -0.15) is 0 Å². The summed E-state index contributed by atoms with van der Waals surface area (Å²) in [6, 6.07) is 8.58. The number of carbonyl (C=O) groups excluding carboxylic acids is 1. The maximum Gasteiger partial charge on any atom is 0.224 e. The third-order valence-corrected chi connectivity index (χ3v) is 4.18. The van der Waals surface area contributed by atoms with Crippen molar-refractivity contribution in [1.82, 2.24) is 5.32 Å². The summed E-state index contributed by atoms with van der Waals surface area (Å²) in [5.74, 6) is 0.924. The molecule has 3 heteroatoms. The molecule has 0 aromatic heterocycles. The summed E-state index contributed by atoms with van der Waals surface area (Å²) in [7, 11) is 0. The quantitative estimate of drug-likeness (QED) is 0.793. The van der Waals surface area contributed by atoms with Gasteiger partial charge in [0.05, 0.1) is 0 Å². The van der Waals surface area contributed by atoms with Gasteiger partial charge in [-0.15, -0.1) is 0 Å². The summed E-state index contributed by atoms with van der Waals surface area (Å²) in [6.07, 6.45) is 7.00. The Morgan fingerprint density at radius 3 is 2.76 bits per heavy atom. The fourth-order valence-electron chi connectivity index (χ4n) is 2.94. The van der Waals surface area contributed by atoms with E-state index in [4.69, 9.17) is 0 Å². The molecule has 21 heavy (non-hydrogen) atoms. The first-order chi connectivity index (χ1) is 10.1. The maximum absolute atomic E-state index is 12.0. The van der Waals surface area contributed by atoms with E-state index >= 15 is 0 Å². The van der Waals surface area contributed by atoms with Gasteiger partial charge in [-0.3, -0.25) is 4.79 Å². The van der Waals surface area contributed by atoms with E-state index in [0.717, 1.165) is 24.6 Å². The predicted molar refractivity (Wildman–Crippen MR) is 88.2 cm³/mol. The van der Waals surface area contributed by atoms with Crippen LogP contribution in [-0.4, -0.2) is 11.9 Å². The van der Waals surface area contributed by atoms with Crippen LogP contribution in [-0.2, 0) is 11.3 Å². The Bertz CT molecular complexity index is 450. The highest BCUT2D eigenvalue weighted by Crippen LogP contribution is 2.28. The zero-order chi connectivity index (χ0) is 15.1. The minimum absolute atomic E-state index is 0.149. The van der Waals surface area contributed by atoms with E-state index in [0.29, 0.717) is 12.5 Å². The molecule has 2 N–H and O–H groups in total. The van der Waals surface area contributed by atoms with Crippen molar-refractivity contribution in [2.24, 2.45) is 5.92 Å². The van der Waals surface area contributed by atoms with Crippen LogP contribution in [0, 0.1) is 5.92 Å². The summed E-state index contributed by atoms with van der Waals surface area (Å²) in [4.78, 5) is 12.0. The van der Waals surface area contributed by atoms with Gasteiger partial charge in [0.1, 0.15) is 0 Å². The average molecular weight is 288 g/mol. The van der Waals surface area contributed by atoms with Gasteiger partial charge in [0, 0.05) is 24.7 Å². The molecule has 0 bridgehead atoms. The Morgan fingerprint density at radius 2 is 2.05 bits per heavy atom. The standard InChI is InChI=1S/C18H28N2O/c1-14(2)19-13-16-8-5-9-17(12-16)20-18(21)11-10-15-6-3-4-7-15/h5,8-9,12,14-15,19H,3-4,6-7,10-11,13H2,1-2H3,(H,20,21). The molecule has 116 valence electrons. The zero-order valence-electron chi connectivity index (χ0n) is 13.3. The smallest absolute Gasteiger partial charge is 0.224 e. The van der Waals surface area contributed by atoms with Crippen molar-refractivity contribution in [2.75, 3.05) is 5.32 Å². The van der Waals surface area contributed by atoms with Crippen molar-refractivity contribution >= 4 is 11.6 Å². The van der Waals surface area contributed by atoms with Crippen LogP contribution in [0.2, 0.25) is 0 Å². The molecule has 0 radical (unpaired) electrons. The first kappa shape index (κ1) is 16.0. The molecule has 1 aliphatic rings. The summed E-state index contributed by atoms with van der Waals surface area (Å²) in [5, 5.41) is 6.42. The topological polar surface area (TPSA) is 41.1 Å². The predicted octanol–water partition coefficient (Wildman–Crippen LogP) is 4.09. The SMILES string of the molecule is CC(C)NCc1cccc(NC(=O)CCC2CCCC2)c1. The Morgan fingerprint density at radius 1 is 1.29 bits per heavy atom. The minimum atomic E-state index is 0.149. The van der Waals surface area contributed by atoms with Gasteiger partial charge in [-0.1, -0.05) is 51.7 Å². The molecule has 0 unspecified atom stereocenters. The van der Waals surface area contributed by atoms with E-state index < -0.39 is 0 Å². The van der Waals surface area contributed by atoms with Crippen LogP contribution >= 0.6 is 0 Å². The average Bonchev–Trinajstić information content (AvgIpc) is 2.97. The largest absolute Gasteiger partial charge is 0.326 e. The fraction of sp³-hybridized carbons (Fsp3) is 0.611. The molecular formula is C18H28N2O. The number of hydrogen-bond acceptors (Lipinski definition) is 2. The number of anilines is 1. The van der Waals surface area contributed by atoms with Crippen LogP contribution < -0.4 is 10.6 Å². The molecule has 1 saturated carbocycles. The van der Waals surface area contributed by atoms with Gasteiger partial charge in [0.2, 0.25) is 5.91 Å². The number of nitrogens with one attached hydrogen (secondary N) is 2. The molecule has 2 rings (SSSR count). The molecule has 1 aromatic rings. The lowest BCUT2D eigenvalue weighted by atomic mass is 10.0. The second kappa shape index (κ2) is 8.18. The minimum Gasteiger partial charge on any atom is -0.326 e. The molecule has 1 amide bonds. The van der Waals surface area contributed by atoms with Crippen LogP contribution in [0.1, 0.15) is 57.9 Å². The van der Waals surface area contributed by atoms with E-state index in [1.807, 2.05) is 12.1 Å². The fourth-order valence-corrected chi connectivity index (χ4v) is 2.94. The first-order valence-electron chi connectivity index (χ1n) is 8.25. The van der Waals surface area contributed by atoms with Gasteiger partial charge in [0.25, 0.3) is 0 Å². The molecule has 1 aliphatic carbocycles. The monoisotopic (exact) mass is 288 g/mol. The lowest BCUT2D eigenvalue weighted by Gasteiger charge is -2.11. The van der Waals surface area contributed by atoms with E-state index in [1.165, 1.54) is 31.2 Å². The molecule has 0 heterocycles. The lowest BCUT2D eigenvalue weighted by molar-refractivity contribution is -0.116. The second-order valence-corrected chi connectivity index (χ2v) is 6.47. The van der Waals surface area contributed by atoms with Crippen molar-refractivity contribution in [1.29, 1.82) is 0 Å². The normalized spacial score (nSPS) is 15.6. The van der Waals surface area contributed by atoms with E-state index in [-0.39, 0.29) is 5.91 Å². The van der Waals surface area contributed by atoms with Gasteiger partial charge >= 0.3 is 0 Å². The number of amides is 1. The third-order valence-electron chi connectivity index (χ3n) is 4.18. The van der Waals surface area contributed by atoms with Crippen molar-refractivity contribution < 1.29 is 4.79 Å². The molecule has 0 saturated heterocycles. The Labute approximate surface area is 128 Å². The third kappa shape index (κ3) is 5.88. The van der Waals surface area contributed by atoms with Gasteiger partial charge in [-0.25, -0.2) is 0 Å². The molecule has 0 spiro atoms. The Kier molecular flexibility index (Phi) is 6.24. The van der Waals surface area contributed by atoms with Crippen LogP contribution in [0.4, 0.5) is 5.69 Å². The van der Waals surface area contributed by atoms with Gasteiger partial charge in [-0.05, 0) is 30.0 Å². The highest BCUT2D eigenvalue weighted by Gasteiger charge is 2.16. The van der Waals surface area contributed by atoms with E-state index in [9.17, 15) is 4.79 Å². The molecule has 3 nitrogen and oxygen atoms in total. The van der Waals surface area contributed by atoms with Crippen LogP contribution in [0.5, 0.6) is 0 Å². The number of benzene rings is 1. The van der Waals surface area contributed by atoms with Crippen molar-refractivity contribution in [3.8, 4) is 0 Å². The number of hydrogen-bond donors (Lipinski definition) is 2. The van der Waals surface area contributed by atoms with Crippen molar-refractivity contribution in [3.05, 3.63) is 29.8 Å². The van der Waals surface area contributed by atoms with Crippen LogP contribution in [0.3, 0.4) is 0 Å².